The first kappa shape index (κ1) is 17.7. The van der Waals surface area contributed by atoms with E-state index in [1.54, 1.807) is 18.3 Å². The Kier molecular flexibility index (Phi) is 5.98. The maximum absolute atomic E-state index is 13.7. The number of nitrogens with one attached hydrogen (secondary N) is 2. The van der Waals surface area contributed by atoms with E-state index >= 15 is 0 Å². The Balaban J connectivity index is 1.62. The van der Waals surface area contributed by atoms with Crippen LogP contribution >= 0.6 is 0 Å². The van der Waals surface area contributed by atoms with Crippen LogP contribution in [0.4, 0.5) is 4.39 Å². The van der Waals surface area contributed by atoms with Crippen molar-refractivity contribution in [1.82, 2.24) is 20.4 Å². The van der Waals surface area contributed by atoms with Gasteiger partial charge in [0.2, 0.25) is 0 Å². The summed E-state index contributed by atoms with van der Waals surface area (Å²) in [6.07, 6.45) is 3.66. The first-order valence-electron chi connectivity index (χ1n) is 8.61. The fourth-order valence-corrected chi connectivity index (χ4v) is 2.51. The minimum absolute atomic E-state index is 0.218. The third-order valence-corrected chi connectivity index (χ3v) is 3.87. The van der Waals surface area contributed by atoms with Gasteiger partial charge in [-0.05, 0) is 36.8 Å². The number of hydrogen-bond acceptors (Lipinski definition) is 2. The van der Waals surface area contributed by atoms with Crippen LogP contribution in [0.5, 0.6) is 0 Å². The Hall–Kier alpha value is -3.15. The average Bonchev–Trinajstić information content (AvgIpc) is 3.20. The van der Waals surface area contributed by atoms with Gasteiger partial charge in [0.15, 0.2) is 5.96 Å². The molecule has 5 nitrogen and oxygen atoms in total. The first-order valence-corrected chi connectivity index (χ1v) is 8.61. The molecule has 1 aromatic heterocycles. The molecule has 0 saturated heterocycles. The van der Waals surface area contributed by atoms with Crippen molar-refractivity contribution >= 4 is 5.96 Å². The van der Waals surface area contributed by atoms with Gasteiger partial charge in [-0.1, -0.05) is 30.3 Å². The lowest BCUT2D eigenvalue weighted by Gasteiger charge is -2.12. The van der Waals surface area contributed by atoms with E-state index in [0.717, 1.165) is 17.8 Å². The van der Waals surface area contributed by atoms with Crippen LogP contribution < -0.4 is 10.6 Å². The van der Waals surface area contributed by atoms with Crippen LogP contribution in [0.1, 0.15) is 18.1 Å². The van der Waals surface area contributed by atoms with Crippen molar-refractivity contribution in [3.63, 3.8) is 0 Å². The number of aromatic nitrogens is 2. The number of rotatable bonds is 6. The summed E-state index contributed by atoms with van der Waals surface area (Å²) in [6, 6.07) is 16.7. The van der Waals surface area contributed by atoms with Gasteiger partial charge in [0.1, 0.15) is 5.82 Å². The standard InChI is InChI=1S/C20H22FN5/c1-2-22-20(24-15-17-6-3-4-7-19(17)21)23-14-16-8-10-18(11-9-16)26-13-5-12-25-26/h3-13H,2,14-15H2,1H3,(H2,22,23,24). The topological polar surface area (TPSA) is 54.2 Å². The molecule has 0 amide bonds. The fraction of sp³-hybridized carbons (Fsp3) is 0.200. The highest BCUT2D eigenvalue weighted by atomic mass is 19.1. The third-order valence-electron chi connectivity index (χ3n) is 3.87. The van der Waals surface area contributed by atoms with Crippen molar-refractivity contribution < 1.29 is 4.39 Å². The SMILES string of the molecule is CCNC(=NCc1ccc(-n2cccn2)cc1)NCc1ccccc1F. The van der Waals surface area contributed by atoms with Crippen LogP contribution in [0.3, 0.4) is 0 Å². The maximum Gasteiger partial charge on any atom is 0.191 e. The number of halogens is 1. The molecule has 0 spiro atoms. The Morgan fingerprint density at radius 1 is 1.08 bits per heavy atom. The highest BCUT2D eigenvalue weighted by Gasteiger charge is 2.03. The molecule has 2 aromatic carbocycles. The van der Waals surface area contributed by atoms with Crippen molar-refractivity contribution in [3.8, 4) is 5.69 Å². The lowest BCUT2D eigenvalue weighted by Crippen LogP contribution is -2.37. The molecule has 3 rings (SSSR count). The van der Waals surface area contributed by atoms with Gasteiger partial charge in [0, 0.05) is 31.0 Å². The number of guanidine groups is 1. The third kappa shape index (κ3) is 4.69. The Labute approximate surface area is 152 Å². The van der Waals surface area contributed by atoms with Crippen molar-refractivity contribution in [2.45, 2.75) is 20.0 Å². The zero-order valence-electron chi connectivity index (χ0n) is 14.7. The van der Waals surface area contributed by atoms with E-state index in [2.05, 4.69) is 20.7 Å². The van der Waals surface area contributed by atoms with Crippen LogP contribution in [0, 0.1) is 5.82 Å². The van der Waals surface area contributed by atoms with E-state index in [-0.39, 0.29) is 5.82 Å². The van der Waals surface area contributed by atoms with E-state index < -0.39 is 0 Å². The summed E-state index contributed by atoms with van der Waals surface area (Å²) in [5.41, 5.74) is 2.71. The molecular weight excluding hydrogens is 329 g/mol. The normalized spacial score (nSPS) is 11.4. The molecule has 26 heavy (non-hydrogen) atoms. The summed E-state index contributed by atoms with van der Waals surface area (Å²) in [5, 5.41) is 10.6. The second kappa shape index (κ2) is 8.80. The first-order chi connectivity index (χ1) is 12.8. The molecule has 0 aliphatic heterocycles. The smallest absolute Gasteiger partial charge is 0.191 e. The second-order valence-corrected chi connectivity index (χ2v) is 5.76. The molecule has 0 fully saturated rings. The summed E-state index contributed by atoms with van der Waals surface area (Å²) in [7, 11) is 0. The molecule has 0 atom stereocenters. The Morgan fingerprint density at radius 3 is 2.58 bits per heavy atom. The molecule has 0 aliphatic rings. The summed E-state index contributed by atoms with van der Waals surface area (Å²) in [6.45, 7) is 3.66. The van der Waals surface area contributed by atoms with Gasteiger partial charge in [-0.15, -0.1) is 0 Å². The highest BCUT2D eigenvalue weighted by Crippen LogP contribution is 2.09. The lowest BCUT2D eigenvalue weighted by atomic mass is 10.2. The second-order valence-electron chi connectivity index (χ2n) is 5.76. The predicted octanol–water partition coefficient (Wildman–Crippen LogP) is 3.27. The minimum Gasteiger partial charge on any atom is -0.357 e. The Morgan fingerprint density at radius 2 is 1.88 bits per heavy atom. The lowest BCUT2D eigenvalue weighted by molar-refractivity contribution is 0.604. The molecule has 0 radical (unpaired) electrons. The minimum atomic E-state index is -0.218. The quantitative estimate of drug-likeness (QED) is 0.529. The molecule has 0 unspecified atom stereocenters. The predicted molar refractivity (Wildman–Crippen MR) is 102 cm³/mol. The summed E-state index contributed by atoms with van der Waals surface area (Å²) in [5.74, 6) is 0.442. The van der Waals surface area contributed by atoms with Gasteiger partial charge in [0.05, 0.1) is 12.2 Å². The Bertz CT molecular complexity index is 841. The van der Waals surface area contributed by atoms with Gasteiger partial charge in [-0.2, -0.15) is 5.10 Å². The zero-order chi connectivity index (χ0) is 18.2. The van der Waals surface area contributed by atoms with E-state index in [0.29, 0.717) is 24.6 Å². The molecule has 6 heteroatoms. The van der Waals surface area contributed by atoms with Crippen molar-refractivity contribution in [2.24, 2.45) is 4.99 Å². The van der Waals surface area contributed by atoms with Crippen molar-refractivity contribution in [1.29, 1.82) is 0 Å². The molecule has 1 heterocycles. The van der Waals surface area contributed by atoms with Crippen LogP contribution in [0.2, 0.25) is 0 Å². The fourth-order valence-electron chi connectivity index (χ4n) is 2.51. The monoisotopic (exact) mass is 351 g/mol. The summed E-state index contributed by atoms with van der Waals surface area (Å²) in [4.78, 5) is 4.57. The summed E-state index contributed by atoms with van der Waals surface area (Å²) >= 11 is 0. The molecule has 3 aromatic rings. The van der Waals surface area contributed by atoms with E-state index in [4.69, 9.17) is 0 Å². The van der Waals surface area contributed by atoms with Crippen molar-refractivity contribution in [3.05, 3.63) is 83.9 Å². The van der Waals surface area contributed by atoms with Crippen LogP contribution in [0.25, 0.3) is 5.69 Å². The van der Waals surface area contributed by atoms with E-state index in [1.165, 1.54) is 6.07 Å². The number of aliphatic imine (C=N–C) groups is 1. The van der Waals surface area contributed by atoms with Crippen LogP contribution in [-0.4, -0.2) is 22.3 Å². The van der Waals surface area contributed by atoms with E-state index in [1.807, 2.05) is 54.2 Å². The molecule has 134 valence electrons. The zero-order valence-corrected chi connectivity index (χ0v) is 14.7. The molecule has 0 bridgehead atoms. The van der Waals surface area contributed by atoms with Crippen molar-refractivity contribution in [2.75, 3.05) is 6.54 Å². The van der Waals surface area contributed by atoms with Gasteiger partial charge >= 0.3 is 0 Å². The summed E-state index contributed by atoms with van der Waals surface area (Å²) < 4.78 is 15.5. The molecule has 0 saturated carbocycles. The van der Waals surface area contributed by atoms with Crippen LogP contribution in [0.15, 0.2) is 72.0 Å². The molecular formula is C20H22FN5. The van der Waals surface area contributed by atoms with Gasteiger partial charge < -0.3 is 10.6 Å². The molecule has 0 aliphatic carbocycles. The van der Waals surface area contributed by atoms with E-state index in [9.17, 15) is 4.39 Å². The average molecular weight is 351 g/mol. The van der Waals surface area contributed by atoms with Gasteiger partial charge in [-0.25, -0.2) is 14.1 Å². The number of nitrogens with zero attached hydrogens (tertiary/aromatic N) is 3. The van der Waals surface area contributed by atoms with Crippen LogP contribution in [-0.2, 0) is 13.1 Å². The van der Waals surface area contributed by atoms with Gasteiger partial charge in [0.25, 0.3) is 0 Å². The number of hydrogen-bond donors (Lipinski definition) is 2. The number of benzene rings is 2. The highest BCUT2D eigenvalue weighted by molar-refractivity contribution is 5.79. The van der Waals surface area contributed by atoms with Gasteiger partial charge in [-0.3, -0.25) is 0 Å². The largest absolute Gasteiger partial charge is 0.357 e. The molecule has 2 N–H and O–H groups in total. The maximum atomic E-state index is 13.7.